The van der Waals surface area contributed by atoms with Crippen molar-refractivity contribution in [1.82, 2.24) is 9.88 Å². The molecule has 2 nitrogen and oxygen atoms in total. The van der Waals surface area contributed by atoms with E-state index in [-0.39, 0.29) is 0 Å². The first-order valence-electron chi connectivity index (χ1n) is 8.94. The number of hydrogen-bond acceptors (Lipinski definition) is 3. The fraction of sp³-hybridized carbons (Fsp3) is 0.833. The third-order valence-corrected chi connectivity index (χ3v) is 6.41. The molecular weight excluding hydrogens is 276 g/mol. The van der Waals surface area contributed by atoms with E-state index in [1.54, 1.807) is 0 Å². The smallest absolute Gasteiger partial charge is 0.0962 e. The second-order valence-corrected chi connectivity index (χ2v) is 8.23. The van der Waals surface area contributed by atoms with Gasteiger partial charge in [-0.25, -0.2) is 4.98 Å². The summed E-state index contributed by atoms with van der Waals surface area (Å²) in [5, 5.41) is 1.41. The van der Waals surface area contributed by atoms with E-state index in [4.69, 9.17) is 4.98 Å². The van der Waals surface area contributed by atoms with E-state index < -0.39 is 0 Å². The molecule has 0 N–H and O–H groups in total. The first-order chi connectivity index (χ1) is 10.3. The minimum absolute atomic E-state index is 0.805. The van der Waals surface area contributed by atoms with E-state index >= 15 is 0 Å². The lowest BCUT2D eigenvalue weighted by molar-refractivity contribution is 0.232. The van der Waals surface area contributed by atoms with E-state index in [9.17, 15) is 0 Å². The highest BCUT2D eigenvalue weighted by atomic mass is 32.1. The van der Waals surface area contributed by atoms with Crippen LogP contribution in [0.25, 0.3) is 0 Å². The van der Waals surface area contributed by atoms with E-state index in [0.717, 1.165) is 24.9 Å². The van der Waals surface area contributed by atoms with Gasteiger partial charge in [0, 0.05) is 17.3 Å². The van der Waals surface area contributed by atoms with Crippen molar-refractivity contribution in [1.29, 1.82) is 0 Å². The summed E-state index contributed by atoms with van der Waals surface area (Å²) in [5.74, 6) is 1.80. The van der Waals surface area contributed by atoms with Crippen LogP contribution < -0.4 is 0 Å². The standard InChI is InChI=1S/C18H30N2S/c1-3-20(12-11-15-7-5-4-6-8-15)13-17-14(2)21-18(19-17)16-9-10-16/h15-16H,3-13H2,1-2H3. The number of aryl methyl sites for hydroxylation is 1. The first kappa shape index (κ1) is 15.5. The Kier molecular flexibility index (Phi) is 5.33. The second-order valence-electron chi connectivity index (χ2n) is 6.99. The van der Waals surface area contributed by atoms with Crippen molar-refractivity contribution < 1.29 is 0 Å². The summed E-state index contributed by atoms with van der Waals surface area (Å²) in [5.41, 5.74) is 1.35. The summed E-state index contributed by atoms with van der Waals surface area (Å²) in [6.45, 7) is 8.04. The lowest BCUT2D eigenvalue weighted by Gasteiger charge is -2.26. The monoisotopic (exact) mass is 306 g/mol. The van der Waals surface area contributed by atoms with Gasteiger partial charge >= 0.3 is 0 Å². The molecule has 0 atom stereocenters. The maximum atomic E-state index is 4.93. The van der Waals surface area contributed by atoms with E-state index in [2.05, 4.69) is 18.7 Å². The van der Waals surface area contributed by atoms with Crippen LogP contribution in [0.5, 0.6) is 0 Å². The summed E-state index contributed by atoms with van der Waals surface area (Å²) in [4.78, 5) is 8.99. The van der Waals surface area contributed by atoms with Gasteiger partial charge in [-0.3, -0.25) is 4.90 Å². The van der Waals surface area contributed by atoms with Crippen LogP contribution >= 0.6 is 11.3 Å². The predicted octanol–water partition coefficient (Wildman–Crippen LogP) is 5.12. The molecule has 1 heterocycles. The van der Waals surface area contributed by atoms with Gasteiger partial charge in [-0.2, -0.15) is 0 Å². The molecule has 0 amide bonds. The molecule has 0 radical (unpaired) electrons. The Balaban J connectivity index is 1.51. The summed E-state index contributed by atoms with van der Waals surface area (Å²) in [7, 11) is 0. The summed E-state index contributed by atoms with van der Waals surface area (Å²) in [6, 6.07) is 0. The summed E-state index contributed by atoms with van der Waals surface area (Å²) >= 11 is 1.95. The average Bonchev–Trinajstić information content (AvgIpc) is 3.29. The van der Waals surface area contributed by atoms with Crippen molar-refractivity contribution in [2.24, 2.45) is 5.92 Å². The van der Waals surface area contributed by atoms with Gasteiger partial charge in [0.25, 0.3) is 0 Å². The molecule has 0 spiro atoms. The Morgan fingerprint density at radius 2 is 1.90 bits per heavy atom. The van der Waals surface area contributed by atoms with Gasteiger partial charge in [0.05, 0.1) is 10.7 Å². The highest BCUT2D eigenvalue weighted by Gasteiger charge is 2.27. The Morgan fingerprint density at radius 3 is 2.57 bits per heavy atom. The van der Waals surface area contributed by atoms with Crippen LogP contribution in [0.2, 0.25) is 0 Å². The normalized spacial score (nSPS) is 20.3. The maximum Gasteiger partial charge on any atom is 0.0962 e. The first-order valence-corrected chi connectivity index (χ1v) is 9.76. The van der Waals surface area contributed by atoms with Crippen LogP contribution in [0.3, 0.4) is 0 Å². The largest absolute Gasteiger partial charge is 0.298 e. The number of nitrogens with zero attached hydrogens (tertiary/aromatic N) is 2. The Labute approximate surface area is 134 Å². The number of aromatic nitrogens is 1. The van der Waals surface area contributed by atoms with Gasteiger partial charge in [0.15, 0.2) is 0 Å². The zero-order chi connectivity index (χ0) is 14.7. The van der Waals surface area contributed by atoms with Gasteiger partial charge in [-0.15, -0.1) is 11.3 Å². The highest BCUT2D eigenvalue weighted by Crippen LogP contribution is 2.42. The molecule has 3 rings (SSSR count). The molecule has 2 aliphatic carbocycles. The van der Waals surface area contributed by atoms with Crippen molar-refractivity contribution >= 4 is 11.3 Å². The molecule has 0 aliphatic heterocycles. The molecule has 0 aromatic carbocycles. The molecule has 2 aliphatic rings. The van der Waals surface area contributed by atoms with Crippen molar-refractivity contribution in [2.45, 2.75) is 77.7 Å². The molecular formula is C18H30N2S. The van der Waals surface area contributed by atoms with Gasteiger partial charge in [0.2, 0.25) is 0 Å². The van der Waals surface area contributed by atoms with Crippen molar-refractivity contribution in [3.8, 4) is 0 Å². The van der Waals surface area contributed by atoms with Crippen LogP contribution in [0.1, 0.15) is 79.8 Å². The molecule has 3 heteroatoms. The van der Waals surface area contributed by atoms with Crippen molar-refractivity contribution in [3.63, 3.8) is 0 Å². The van der Waals surface area contributed by atoms with Gasteiger partial charge in [-0.1, -0.05) is 39.0 Å². The number of hydrogen-bond donors (Lipinski definition) is 0. The average molecular weight is 307 g/mol. The minimum atomic E-state index is 0.805. The minimum Gasteiger partial charge on any atom is -0.298 e. The van der Waals surface area contributed by atoms with Gasteiger partial charge < -0.3 is 0 Å². The van der Waals surface area contributed by atoms with Crippen LogP contribution in [-0.2, 0) is 6.54 Å². The van der Waals surface area contributed by atoms with Crippen LogP contribution in [0.4, 0.5) is 0 Å². The molecule has 21 heavy (non-hydrogen) atoms. The van der Waals surface area contributed by atoms with Crippen LogP contribution in [0.15, 0.2) is 0 Å². The maximum absolute atomic E-state index is 4.93. The Morgan fingerprint density at radius 1 is 1.14 bits per heavy atom. The van der Waals surface area contributed by atoms with Crippen LogP contribution in [-0.4, -0.2) is 23.0 Å². The summed E-state index contributed by atoms with van der Waals surface area (Å²) < 4.78 is 0. The summed E-state index contributed by atoms with van der Waals surface area (Å²) in [6.07, 6.45) is 11.5. The molecule has 1 aromatic rings. The Bertz CT molecular complexity index is 444. The Hall–Kier alpha value is -0.410. The third-order valence-electron chi connectivity index (χ3n) is 5.23. The van der Waals surface area contributed by atoms with Gasteiger partial charge in [0.1, 0.15) is 0 Å². The molecule has 0 saturated heterocycles. The quantitative estimate of drug-likeness (QED) is 0.695. The van der Waals surface area contributed by atoms with Crippen molar-refractivity contribution in [2.75, 3.05) is 13.1 Å². The van der Waals surface area contributed by atoms with Gasteiger partial charge in [-0.05, 0) is 45.2 Å². The molecule has 2 fully saturated rings. The lowest BCUT2D eigenvalue weighted by atomic mass is 9.87. The molecule has 0 unspecified atom stereocenters. The van der Waals surface area contributed by atoms with E-state index in [1.807, 2.05) is 11.3 Å². The third kappa shape index (κ3) is 4.29. The lowest BCUT2D eigenvalue weighted by Crippen LogP contribution is -2.26. The molecule has 118 valence electrons. The molecule has 2 saturated carbocycles. The zero-order valence-electron chi connectivity index (χ0n) is 13.7. The fourth-order valence-corrected chi connectivity index (χ4v) is 4.60. The predicted molar refractivity (Wildman–Crippen MR) is 91.0 cm³/mol. The van der Waals surface area contributed by atoms with Crippen LogP contribution in [0, 0.1) is 12.8 Å². The van der Waals surface area contributed by atoms with Crippen molar-refractivity contribution in [3.05, 3.63) is 15.6 Å². The highest BCUT2D eigenvalue weighted by molar-refractivity contribution is 7.11. The second kappa shape index (κ2) is 7.23. The number of thiazole rings is 1. The topological polar surface area (TPSA) is 16.1 Å². The fourth-order valence-electron chi connectivity index (χ4n) is 3.50. The molecule has 0 bridgehead atoms. The SMILES string of the molecule is CCN(CCC1CCCCC1)Cc1nc(C2CC2)sc1C. The molecule has 1 aromatic heterocycles. The van der Waals surface area contributed by atoms with E-state index in [0.29, 0.717) is 0 Å². The van der Waals surface area contributed by atoms with E-state index in [1.165, 1.54) is 73.5 Å². The zero-order valence-corrected chi connectivity index (χ0v) is 14.6. The number of rotatable bonds is 7.